The average Bonchev–Trinajstić information content (AvgIpc) is 3.29. The quantitative estimate of drug-likeness (QED) is 0.641. The second-order valence-electron chi connectivity index (χ2n) is 8.86. The van der Waals surface area contributed by atoms with Crippen LogP contribution in [0.3, 0.4) is 0 Å². The Morgan fingerprint density at radius 1 is 1.00 bits per heavy atom. The number of anilines is 1. The Labute approximate surface area is 204 Å². The number of carbonyl (C=O) groups is 1. The monoisotopic (exact) mass is 495 g/mol. The summed E-state index contributed by atoms with van der Waals surface area (Å²) < 4.78 is 0. The predicted octanol–water partition coefficient (Wildman–Crippen LogP) is 4.88. The molecule has 0 bridgehead atoms. The lowest BCUT2D eigenvalue weighted by Gasteiger charge is -2.45. The molecule has 0 aromatic heterocycles. The van der Waals surface area contributed by atoms with Crippen LogP contribution >= 0.6 is 34.8 Å². The number of benzene rings is 2. The minimum atomic E-state index is -1.42. The van der Waals surface area contributed by atoms with E-state index in [1.807, 2.05) is 36.4 Å². The molecule has 2 saturated heterocycles. The van der Waals surface area contributed by atoms with Crippen molar-refractivity contribution < 1.29 is 9.90 Å². The van der Waals surface area contributed by atoms with E-state index in [1.165, 1.54) is 0 Å². The van der Waals surface area contributed by atoms with Gasteiger partial charge in [0.1, 0.15) is 0 Å². The zero-order chi connectivity index (χ0) is 22.9. The van der Waals surface area contributed by atoms with Crippen molar-refractivity contribution in [1.29, 1.82) is 0 Å². The summed E-state index contributed by atoms with van der Waals surface area (Å²) >= 11 is 18.8. The molecule has 5 nitrogen and oxygen atoms in total. The molecule has 1 unspecified atom stereocenters. The van der Waals surface area contributed by atoms with Crippen LogP contribution in [0.5, 0.6) is 0 Å². The van der Waals surface area contributed by atoms with Crippen LogP contribution in [0.25, 0.3) is 0 Å². The largest absolute Gasteiger partial charge is 0.379 e. The first-order valence-corrected chi connectivity index (χ1v) is 12.1. The average molecular weight is 497 g/mol. The van der Waals surface area contributed by atoms with Crippen molar-refractivity contribution in [3.63, 3.8) is 0 Å². The second kappa shape index (κ2) is 9.78. The van der Waals surface area contributed by atoms with Gasteiger partial charge < -0.3 is 14.9 Å². The number of aliphatic hydroxyl groups is 1. The summed E-state index contributed by atoms with van der Waals surface area (Å²) in [5.41, 5.74) is 0.584. The Hall–Kier alpha value is -1.50. The first-order chi connectivity index (χ1) is 15.2. The van der Waals surface area contributed by atoms with E-state index >= 15 is 0 Å². The van der Waals surface area contributed by atoms with E-state index in [0.29, 0.717) is 34.7 Å². The van der Waals surface area contributed by atoms with E-state index < -0.39 is 5.60 Å². The number of carbonyl (C=O) groups excluding carboxylic acids is 1. The minimum absolute atomic E-state index is 0.0163. The van der Waals surface area contributed by atoms with Crippen molar-refractivity contribution in [2.45, 2.75) is 31.4 Å². The number of hydrogen-bond donors (Lipinski definition) is 1. The third-order valence-electron chi connectivity index (χ3n) is 6.32. The molecule has 0 radical (unpaired) electrons. The molecule has 2 aromatic carbocycles. The molecule has 8 heteroatoms. The summed E-state index contributed by atoms with van der Waals surface area (Å²) in [5.74, 6) is -0.179. The number of piperazine rings is 1. The van der Waals surface area contributed by atoms with Gasteiger partial charge in [-0.2, -0.15) is 0 Å². The van der Waals surface area contributed by atoms with Crippen molar-refractivity contribution >= 4 is 46.4 Å². The van der Waals surface area contributed by atoms with Crippen LogP contribution in [0, 0.1) is 0 Å². The summed E-state index contributed by atoms with van der Waals surface area (Å²) in [5, 5.41) is 12.9. The van der Waals surface area contributed by atoms with E-state index in [0.717, 1.165) is 37.2 Å². The number of nitrogens with zero attached hydrogens (tertiary/aromatic N) is 3. The molecule has 1 amide bonds. The molecule has 2 fully saturated rings. The number of likely N-dealkylation sites (tertiary alicyclic amines) is 1. The first-order valence-electron chi connectivity index (χ1n) is 11.0. The Kier molecular flexibility index (Phi) is 7.23. The Morgan fingerprint density at radius 3 is 2.31 bits per heavy atom. The van der Waals surface area contributed by atoms with Gasteiger partial charge in [0.05, 0.1) is 16.8 Å². The van der Waals surface area contributed by atoms with E-state index in [1.54, 1.807) is 17.9 Å². The molecule has 2 heterocycles. The Balaban J connectivity index is 1.57. The summed E-state index contributed by atoms with van der Waals surface area (Å²) in [4.78, 5) is 19.1. The smallest absolute Gasteiger partial charge is 0.255 e. The van der Waals surface area contributed by atoms with E-state index in [-0.39, 0.29) is 18.5 Å². The van der Waals surface area contributed by atoms with Crippen LogP contribution in [-0.4, -0.2) is 65.7 Å². The fraction of sp³-hybridized carbons (Fsp3) is 0.458. The summed E-state index contributed by atoms with van der Waals surface area (Å²) in [6, 6.07) is 13.3. The van der Waals surface area contributed by atoms with Crippen LogP contribution in [0.15, 0.2) is 42.5 Å². The molecule has 1 N–H and O–H groups in total. The molecule has 172 valence electrons. The molecule has 2 aliphatic heterocycles. The maximum Gasteiger partial charge on any atom is 0.255 e. The predicted molar refractivity (Wildman–Crippen MR) is 131 cm³/mol. The second-order valence-corrected chi connectivity index (χ2v) is 10.1. The topological polar surface area (TPSA) is 47.0 Å². The van der Waals surface area contributed by atoms with Crippen LogP contribution in [0.4, 0.5) is 5.69 Å². The van der Waals surface area contributed by atoms with Gasteiger partial charge in [-0.3, -0.25) is 9.69 Å². The number of amides is 1. The van der Waals surface area contributed by atoms with Gasteiger partial charge in [-0.05, 0) is 55.7 Å². The van der Waals surface area contributed by atoms with Gasteiger partial charge in [0.25, 0.3) is 5.91 Å². The number of β-amino-alcohol motifs (C(OH)–C–C–N with tert-alkyl or cyclic N) is 1. The first kappa shape index (κ1) is 23.7. The highest BCUT2D eigenvalue weighted by Gasteiger charge is 2.39. The summed E-state index contributed by atoms with van der Waals surface area (Å²) in [6.07, 6.45) is 2.00. The summed E-state index contributed by atoms with van der Waals surface area (Å²) in [7, 11) is 0. The molecule has 2 aliphatic rings. The molecule has 4 rings (SSSR count). The van der Waals surface area contributed by atoms with E-state index in [2.05, 4.69) is 9.80 Å². The fourth-order valence-corrected chi connectivity index (χ4v) is 5.36. The van der Waals surface area contributed by atoms with Gasteiger partial charge in [-0.25, -0.2) is 0 Å². The van der Waals surface area contributed by atoms with Crippen LogP contribution in [-0.2, 0) is 4.79 Å². The maximum atomic E-state index is 12.9. The lowest BCUT2D eigenvalue weighted by molar-refractivity contribution is -0.150. The molecule has 0 spiro atoms. The highest BCUT2D eigenvalue weighted by molar-refractivity contribution is 6.36. The zero-order valence-electron chi connectivity index (χ0n) is 18.1. The van der Waals surface area contributed by atoms with Crippen LogP contribution < -0.4 is 4.90 Å². The summed E-state index contributed by atoms with van der Waals surface area (Å²) in [6.45, 7) is 5.41. The fourth-order valence-electron chi connectivity index (χ4n) is 4.72. The van der Waals surface area contributed by atoms with Gasteiger partial charge in [0.15, 0.2) is 5.60 Å². The van der Waals surface area contributed by atoms with E-state index in [4.69, 9.17) is 34.8 Å². The normalized spacial score (nSPS) is 21.6. The van der Waals surface area contributed by atoms with E-state index in [9.17, 15) is 9.90 Å². The third-order valence-corrected chi connectivity index (χ3v) is 7.11. The lowest BCUT2D eigenvalue weighted by Crippen LogP contribution is -2.57. The molecular formula is C24H28Cl3N3O2. The number of rotatable bonds is 5. The van der Waals surface area contributed by atoms with Crippen molar-refractivity contribution in [2.24, 2.45) is 0 Å². The molecule has 2 aromatic rings. The molecular weight excluding hydrogens is 469 g/mol. The Bertz CT molecular complexity index is 961. The van der Waals surface area contributed by atoms with Crippen LogP contribution in [0.1, 0.15) is 31.4 Å². The maximum absolute atomic E-state index is 12.9. The number of halogens is 3. The minimum Gasteiger partial charge on any atom is -0.379 e. The van der Waals surface area contributed by atoms with Gasteiger partial charge in [-0.1, -0.05) is 46.9 Å². The highest BCUT2D eigenvalue weighted by Crippen LogP contribution is 2.37. The van der Waals surface area contributed by atoms with Crippen molar-refractivity contribution in [3.05, 3.63) is 63.1 Å². The SMILES string of the molecule is CC(O)(CN1CCN(c2ccc(Cl)cc2Cl)[C@H](c2ccc(Cl)cc2)C1)C(=O)N1CCCC1. The molecule has 0 saturated carbocycles. The highest BCUT2D eigenvalue weighted by atomic mass is 35.5. The van der Waals surface area contributed by atoms with Crippen LogP contribution in [0.2, 0.25) is 15.1 Å². The molecule has 32 heavy (non-hydrogen) atoms. The zero-order valence-corrected chi connectivity index (χ0v) is 20.4. The standard InChI is InChI=1S/C24H28Cl3N3O2/c1-24(32,23(31)29-10-2-3-11-29)16-28-12-13-30(21-9-8-19(26)14-20(21)27)22(15-28)17-4-6-18(25)7-5-17/h4-9,14,22,32H,2-3,10-13,15-16H2,1H3/t22-,24?/m0/s1. The molecule has 2 atom stereocenters. The molecule has 0 aliphatic carbocycles. The van der Waals surface area contributed by atoms with Gasteiger partial charge in [0.2, 0.25) is 0 Å². The Morgan fingerprint density at radius 2 is 1.66 bits per heavy atom. The lowest BCUT2D eigenvalue weighted by atomic mass is 9.98. The van der Waals surface area contributed by atoms with Gasteiger partial charge >= 0.3 is 0 Å². The third kappa shape index (κ3) is 5.18. The van der Waals surface area contributed by atoms with Crippen molar-refractivity contribution in [3.8, 4) is 0 Å². The van der Waals surface area contributed by atoms with Gasteiger partial charge in [-0.15, -0.1) is 0 Å². The number of hydrogen-bond acceptors (Lipinski definition) is 4. The van der Waals surface area contributed by atoms with Crippen molar-refractivity contribution in [2.75, 3.05) is 44.2 Å². The van der Waals surface area contributed by atoms with Gasteiger partial charge in [0, 0.05) is 49.3 Å². The van der Waals surface area contributed by atoms with Crippen molar-refractivity contribution in [1.82, 2.24) is 9.80 Å².